The Morgan fingerprint density at radius 2 is 2.06 bits per heavy atom. The van der Waals surface area contributed by atoms with Crippen LogP contribution in [0.15, 0.2) is 11.6 Å². The monoisotopic (exact) mass is 241 g/mol. The third-order valence-corrected chi connectivity index (χ3v) is 3.70. The number of aromatic nitrogens is 1. The molecule has 1 aromatic heterocycles. The van der Waals surface area contributed by atoms with Gasteiger partial charge >= 0.3 is 0 Å². The molecule has 0 radical (unpaired) electrons. The summed E-state index contributed by atoms with van der Waals surface area (Å²) in [7, 11) is 0. The Morgan fingerprint density at radius 1 is 1.25 bits per heavy atom. The van der Waals surface area contributed by atoms with Gasteiger partial charge in [-0.05, 0) is 19.5 Å². The highest BCUT2D eigenvalue weighted by Crippen LogP contribution is 2.10. The molecular formula is C11H19N3OS. The molecule has 1 aromatic rings. The van der Waals surface area contributed by atoms with E-state index in [-0.39, 0.29) is 6.61 Å². The summed E-state index contributed by atoms with van der Waals surface area (Å²) in [4.78, 5) is 9.11. The molecule has 5 heteroatoms. The van der Waals surface area contributed by atoms with Crippen LogP contribution in [-0.4, -0.2) is 59.2 Å². The van der Waals surface area contributed by atoms with Crippen LogP contribution in [0.25, 0.3) is 0 Å². The predicted molar refractivity (Wildman–Crippen MR) is 65.5 cm³/mol. The van der Waals surface area contributed by atoms with Gasteiger partial charge in [0, 0.05) is 31.2 Å². The lowest BCUT2D eigenvalue weighted by Crippen LogP contribution is -2.32. The van der Waals surface area contributed by atoms with Gasteiger partial charge in [-0.1, -0.05) is 0 Å². The zero-order valence-corrected chi connectivity index (χ0v) is 10.3. The van der Waals surface area contributed by atoms with Crippen molar-refractivity contribution in [3.05, 3.63) is 16.6 Å². The Bertz CT molecular complexity index is 291. The third kappa shape index (κ3) is 3.52. The Kier molecular flexibility index (Phi) is 4.71. The number of hydrogen-bond acceptors (Lipinski definition) is 5. The van der Waals surface area contributed by atoms with E-state index in [0.717, 1.165) is 39.3 Å². The van der Waals surface area contributed by atoms with Crippen LogP contribution in [0.3, 0.4) is 0 Å². The van der Waals surface area contributed by atoms with E-state index >= 15 is 0 Å². The lowest BCUT2D eigenvalue weighted by Gasteiger charge is -2.20. The summed E-state index contributed by atoms with van der Waals surface area (Å²) >= 11 is 1.73. The summed E-state index contributed by atoms with van der Waals surface area (Å²) in [6.45, 7) is 6.45. The van der Waals surface area contributed by atoms with E-state index < -0.39 is 0 Å². The molecule has 2 rings (SSSR count). The molecular weight excluding hydrogens is 222 g/mol. The Balaban J connectivity index is 1.80. The lowest BCUT2D eigenvalue weighted by molar-refractivity contribution is 0.196. The summed E-state index contributed by atoms with van der Waals surface area (Å²) in [5, 5.41) is 12.2. The lowest BCUT2D eigenvalue weighted by atomic mass is 10.4. The number of hydrogen-bond donors (Lipinski definition) is 1. The SMILES string of the molecule is OCCN1CCCN(Cc2nccs2)CC1. The van der Waals surface area contributed by atoms with Crippen LogP contribution in [0.2, 0.25) is 0 Å². The van der Waals surface area contributed by atoms with Crippen molar-refractivity contribution in [2.45, 2.75) is 13.0 Å². The smallest absolute Gasteiger partial charge is 0.107 e. The van der Waals surface area contributed by atoms with Crippen LogP contribution < -0.4 is 0 Å². The highest BCUT2D eigenvalue weighted by molar-refractivity contribution is 7.09. The highest BCUT2D eigenvalue weighted by atomic mass is 32.1. The number of aliphatic hydroxyl groups excluding tert-OH is 1. The van der Waals surface area contributed by atoms with Gasteiger partial charge in [0.15, 0.2) is 0 Å². The van der Waals surface area contributed by atoms with Gasteiger partial charge in [-0.3, -0.25) is 9.80 Å². The van der Waals surface area contributed by atoms with E-state index in [1.165, 1.54) is 11.4 Å². The van der Waals surface area contributed by atoms with Crippen LogP contribution in [-0.2, 0) is 6.54 Å². The molecule has 16 heavy (non-hydrogen) atoms. The standard InChI is InChI=1S/C11H19N3OS/c15-8-7-13-3-1-4-14(6-5-13)10-11-12-2-9-16-11/h2,9,15H,1,3-8,10H2. The van der Waals surface area contributed by atoms with Gasteiger partial charge in [0.05, 0.1) is 13.2 Å². The van der Waals surface area contributed by atoms with Crippen LogP contribution in [0.5, 0.6) is 0 Å². The fraction of sp³-hybridized carbons (Fsp3) is 0.727. The van der Waals surface area contributed by atoms with Gasteiger partial charge in [-0.2, -0.15) is 0 Å². The van der Waals surface area contributed by atoms with Gasteiger partial charge < -0.3 is 5.11 Å². The fourth-order valence-electron chi connectivity index (χ4n) is 2.07. The van der Waals surface area contributed by atoms with E-state index in [2.05, 4.69) is 14.8 Å². The zero-order valence-electron chi connectivity index (χ0n) is 9.51. The van der Waals surface area contributed by atoms with Crippen LogP contribution >= 0.6 is 11.3 Å². The topological polar surface area (TPSA) is 39.6 Å². The number of nitrogens with zero attached hydrogens (tertiary/aromatic N) is 3. The van der Waals surface area contributed by atoms with Gasteiger partial charge in [0.2, 0.25) is 0 Å². The van der Waals surface area contributed by atoms with E-state index in [4.69, 9.17) is 5.11 Å². The van der Waals surface area contributed by atoms with Crippen molar-refractivity contribution < 1.29 is 5.11 Å². The molecule has 4 nitrogen and oxygen atoms in total. The van der Waals surface area contributed by atoms with Crippen molar-refractivity contribution in [3.63, 3.8) is 0 Å². The first-order valence-electron chi connectivity index (χ1n) is 5.82. The largest absolute Gasteiger partial charge is 0.395 e. The van der Waals surface area contributed by atoms with Crippen molar-refractivity contribution in [1.82, 2.24) is 14.8 Å². The van der Waals surface area contributed by atoms with E-state index in [1.54, 1.807) is 11.3 Å². The molecule has 90 valence electrons. The normalized spacial score (nSPS) is 19.8. The third-order valence-electron chi connectivity index (χ3n) is 2.94. The quantitative estimate of drug-likeness (QED) is 0.840. The van der Waals surface area contributed by atoms with Gasteiger partial charge in [-0.15, -0.1) is 11.3 Å². The molecule has 1 aliphatic rings. The Morgan fingerprint density at radius 3 is 2.81 bits per heavy atom. The molecule has 1 aliphatic heterocycles. The first-order valence-corrected chi connectivity index (χ1v) is 6.70. The maximum absolute atomic E-state index is 8.92. The van der Waals surface area contributed by atoms with Crippen LogP contribution in [0.4, 0.5) is 0 Å². The first-order chi connectivity index (χ1) is 7.88. The zero-order chi connectivity index (χ0) is 11.2. The first kappa shape index (κ1) is 12.0. The van der Waals surface area contributed by atoms with Crippen molar-refractivity contribution >= 4 is 11.3 Å². The molecule has 2 heterocycles. The summed E-state index contributed by atoms with van der Waals surface area (Å²) < 4.78 is 0. The minimum atomic E-state index is 0.270. The summed E-state index contributed by atoms with van der Waals surface area (Å²) in [6.07, 6.45) is 3.06. The molecule has 1 saturated heterocycles. The predicted octanol–water partition coefficient (Wildman–Crippen LogP) is 0.643. The van der Waals surface area contributed by atoms with Gasteiger partial charge in [0.1, 0.15) is 5.01 Å². The second-order valence-electron chi connectivity index (χ2n) is 4.12. The Labute approximate surface area is 101 Å². The number of β-amino-alcohol motifs (C(OH)–C–C–N with tert-alkyl or cyclic N) is 1. The molecule has 0 bridgehead atoms. The molecule has 1 N–H and O–H groups in total. The van der Waals surface area contributed by atoms with E-state index in [0.29, 0.717) is 0 Å². The van der Waals surface area contributed by atoms with Crippen LogP contribution in [0, 0.1) is 0 Å². The minimum absolute atomic E-state index is 0.270. The van der Waals surface area contributed by atoms with Crippen molar-refractivity contribution in [3.8, 4) is 0 Å². The second-order valence-corrected chi connectivity index (χ2v) is 5.10. The Hall–Kier alpha value is -0.490. The molecule has 0 aromatic carbocycles. The van der Waals surface area contributed by atoms with Crippen LogP contribution in [0.1, 0.15) is 11.4 Å². The van der Waals surface area contributed by atoms with Crippen molar-refractivity contribution in [2.75, 3.05) is 39.3 Å². The molecule has 0 aliphatic carbocycles. The summed E-state index contributed by atoms with van der Waals surface area (Å²) in [5.74, 6) is 0. The molecule has 0 amide bonds. The number of rotatable bonds is 4. The average Bonchev–Trinajstić information content (AvgIpc) is 2.68. The number of thiazole rings is 1. The molecule has 0 spiro atoms. The average molecular weight is 241 g/mol. The van der Waals surface area contributed by atoms with E-state index in [1.807, 2.05) is 11.6 Å². The summed E-state index contributed by atoms with van der Waals surface area (Å²) in [6, 6.07) is 0. The number of aliphatic hydroxyl groups is 1. The van der Waals surface area contributed by atoms with E-state index in [9.17, 15) is 0 Å². The molecule has 1 fully saturated rings. The minimum Gasteiger partial charge on any atom is -0.395 e. The maximum Gasteiger partial charge on any atom is 0.107 e. The fourth-order valence-corrected chi connectivity index (χ4v) is 2.73. The van der Waals surface area contributed by atoms with Crippen molar-refractivity contribution in [2.24, 2.45) is 0 Å². The summed E-state index contributed by atoms with van der Waals surface area (Å²) in [5.41, 5.74) is 0. The van der Waals surface area contributed by atoms with Crippen molar-refractivity contribution in [1.29, 1.82) is 0 Å². The maximum atomic E-state index is 8.92. The molecule has 0 atom stereocenters. The van der Waals surface area contributed by atoms with Gasteiger partial charge in [-0.25, -0.2) is 4.98 Å². The molecule has 0 saturated carbocycles. The molecule has 0 unspecified atom stereocenters. The van der Waals surface area contributed by atoms with Gasteiger partial charge in [0.25, 0.3) is 0 Å². The highest BCUT2D eigenvalue weighted by Gasteiger charge is 2.14. The second kappa shape index (κ2) is 6.30.